The molecule has 0 radical (unpaired) electrons. The normalized spacial score (nSPS) is 17.5. The molecule has 0 bridgehead atoms. The minimum Gasteiger partial charge on any atom is -0.494 e. The monoisotopic (exact) mass is 397 g/mol. The number of hydrogen-bond donors (Lipinski definition) is 2. The summed E-state index contributed by atoms with van der Waals surface area (Å²) in [4.78, 5) is 29.0. The number of carbonyl (C=O) groups excluding carboxylic acids is 2. The first-order chi connectivity index (χ1) is 13.4. The van der Waals surface area contributed by atoms with Crippen LogP contribution in [0.3, 0.4) is 0 Å². The molecule has 1 fully saturated rings. The Bertz CT molecular complexity index is 889. The molecule has 2 aromatic rings. The number of rotatable bonds is 6. The van der Waals surface area contributed by atoms with Crippen molar-refractivity contribution in [3.63, 3.8) is 0 Å². The van der Waals surface area contributed by atoms with E-state index in [-0.39, 0.29) is 18.2 Å². The molecule has 3 rings (SSSR count). The van der Waals surface area contributed by atoms with E-state index in [1.54, 1.807) is 24.3 Å². The summed E-state index contributed by atoms with van der Waals surface area (Å²) >= 11 is 1.28. The number of hydrogen-bond acceptors (Lipinski definition) is 5. The molecule has 6 nitrogen and oxygen atoms in total. The van der Waals surface area contributed by atoms with Crippen molar-refractivity contribution in [1.82, 2.24) is 5.32 Å². The predicted molar refractivity (Wildman–Crippen MR) is 113 cm³/mol. The largest absolute Gasteiger partial charge is 0.494 e. The molecule has 146 valence electrons. The summed E-state index contributed by atoms with van der Waals surface area (Å²) in [5.41, 5.74) is 3.68. The fourth-order valence-electron chi connectivity index (χ4n) is 2.91. The van der Waals surface area contributed by atoms with Crippen LogP contribution in [0.25, 0.3) is 0 Å². The maximum Gasteiger partial charge on any atom is 0.240 e. The summed E-state index contributed by atoms with van der Waals surface area (Å²) in [6.07, 6.45) is 0.0789. The van der Waals surface area contributed by atoms with Crippen LogP contribution in [-0.4, -0.2) is 28.8 Å². The number of anilines is 1. The molecule has 0 spiro atoms. The molecule has 0 aromatic heterocycles. The molecule has 2 aromatic carbocycles. The average Bonchev–Trinajstić information content (AvgIpc) is 2.95. The summed E-state index contributed by atoms with van der Waals surface area (Å²) in [6.45, 7) is 6.51. The third-order valence-electron chi connectivity index (χ3n) is 4.03. The quantitative estimate of drug-likeness (QED) is 0.773. The number of thioether (sulfide) groups is 1. The van der Waals surface area contributed by atoms with E-state index in [9.17, 15) is 9.59 Å². The minimum atomic E-state index is -0.493. The Kier molecular flexibility index (Phi) is 6.36. The molecular weight excluding hydrogens is 374 g/mol. The molecular formula is C21H23N3O3S. The lowest BCUT2D eigenvalue weighted by molar-refractivity contribution is -0.122. The van der Waals surface area contributed by atoms with Crippen molar-refractivity contribution in [2.24, 2.45) is 4.99 Å². The Morgan fingerprint density at radius 2 is 1.86 bits per heavy atom. The molecule has 28 heavy (non-hydrogen) atoms. The van der Waals surface area contributed by atoms with E-state index in [1.165, 1.54) is 11.8 Å². The number of amidine groups is 1. The molecule has 1 heterocycles. The third kappa shape index (κ3) is 5.36. The van der Waals surface area contributed by atoms with Crippen LogP contribution in [0.15, 0.2) is 47.5 Å². The van der Waals surface area contributed by atoms with Gasteiger partial charge in [-0.1, -0.05) is 17.8 Å². The lowest BCUT2D eigenvalue weighted by atomic mass is 10.1. The number of nitrogens with zero attached hydrogens (tertiary/aromatic N) is 1. The van der Waals surface area contributed by atoms with Crippen LogP contribution in [0.2, 0.25) is 0 Å². The molecule has 7 heteroatoms. The van der Waals surface area contributed by atoms with Crippen LogP contribution in [0.5, 0.6) is 5.75 Å². The van der Waals surface area contributed by atoms with E-state index >= 15 is 0 Å². The number of aryl methyl sites for hydroxylation is 2. The maximum atomic E-state index is 12.3. The van der Waals surface area contributed by atoms with Crippen molar-refractivity contribution in [2.75, 3.05) is 11.9 Å². The second kappa shape index (κ2) is 8.93. The first-order valence-electron chi connectivity index (χ1n) is 9.10. The van der Waals surface area contributed by atoms with E-state index in [4.69, 9.17) is 4.74 Å². The van der Waals surface area contributed by atoms with Crippen LogP contribution in [-0.2, 0) is 9.59 Å². The van der Waals surface area contributed by atoms with Gasteiger partial charge in [0.05, 0.1) is 12.3 Å². The number of ether oxygens (including phenoxy) is 1. The van der Waals surface area contributed by atoms with E-state index < -0.39 is 5.25 Å². The summed E-state index contributed by atoms with van der Waals surface area (Å²) in [5.74, 6) is 0.331. The Balaban J connectivity index is 1.59. The van der Waals surface area contributed by atoms with Gasteiger partial charge in [0.2, 0.25) is 11.8 Å². The Hall–Kier alpha value is -2.80. The Morgan fingerprint density at radius 3 is 2.50 bits per heavy atom. The number of aliphatic imine (C=N–C) groups is 1. The fourth-order valence-corrected chi connectivity index (χ4v) is 3.89. The summed E-state index contributed by atoms with van der Waals surface area (Å²) in [7, 11) is 0. The Morgan fingerprint density at radius 1 is 1.18 bits per heavy atom. The first-order valence-corrected chi connectivity index (χ1v) is 9.98. The molecule has 0 aliphatic carbocycles. The van der Waals surface area contributed by atoms with Gasteiger partial charge in [0, 0.05) is 12.1 Å². The van der Waals surface area contributed by atoms with Crippen molar-refractivity contribution in [3.05, 3.63) is 53.6 Å². The number of carbonyl (C=O) groups is 2. The van der Waals surface area contributed by atoms with Gasteiger partial charge in [-0.2, -0.15) is 0 Å². The first kappa shape index (κ1) is 19.9. The van der Waals surface area contributed by atoms with Gasteiger partial charge < -0.3 is 15.4 Å². The van der Waals surface area contributed by atoms with Crippen molar-refractivity contribution in [3.8, 4) is 5.75 Å². The third-order valence-corrected chi connectivity index (χ3v) is 5.12. The highest BCUT2D eigenvalue weighted by Gasteiger charge is 2.32. The van der Waals surface area contributed by atoms with Crippen LogP contribution in [0.4, 0.5) is 11.4 Å². The predicted octanol–water partition coefficient (Wildman–Crippen LogP) is 3.95. The second-order valence-electron chi connectivity index (χ2n) is 6.57. The summed E-state index contributed by atoms with van der Waals surface area (Å²) in [5, 5.41) is 5.60. The fraction of sp³-hybridized carbons (Fsp3) is 0.286. The van der Waals surface area contributed by atoms with Gasteiger partial charge in [-0.3, -0.25) is 9.59 Å². The van der Waals surface area contributed by atoms with Crippen LogP contribution >= 0.6 is 11.8 Å². The van der Waals surface area contributed by atoms with Crippen molar-refractivity contribution >= 4 is 40.1 Å². The highest BCUT2D eigenvalue weighted by atomic mass is 32.2. The molecule has 0 unspecified atom stereocenters. The van der Waals surface area contributed by atoms with Crippen molar-refractivity contribution in [2.45, 2.75) is 32.4 Å². The highest BCUT2D eigenvalue weighted by Crippen LogP contribution is 2.26. The molecule has 1 saturated heterocycles. The van der Waals surface area contributed by atoms with Gasteiger partial charge in [-0.15, -0.1) is 0 Å². The summed E-state index contributed by atoms with van der Waals surface area (Å²) in [6, 6.07) is 13.1. The van der Waals surface area contributed by atoms with Crippen molar-refractivity contribution < 1.29 is 14.3 Å². The molecule has 2 amide bonds. The second-order valence-corrected chi connectivity index (χ2v) is 7.76. The summed E-state index contributed by atoms with van der Waals surface area (Å²) < 4.78 is 5.38. The molecule has 1 atom stereocenters. The molecule has 2 N–H and O–H groups in total. The number of benzene rings is 2. The van der Waals surface area contributed by atoms with Gasteiger partial charge in [0.25, 0.3) is 0 Å². The number of amides is 2. The lowest BCUT2D eigenvalue weighted by Crippen LogP contribution is -2.28. The average molecular weight is 398 g/mol. The number of nitrogens with one attached hydrogen (secondary N) is 2. The van der Waals surface area contributed by atoms with Gasteiger partial charge in [0.15, 0.2) is 5.17 Å². The topological polar surface area (TPSA) is 79.8 Å². The zero-order valence-corrected chi connectivity index (χ0v) is 16.9. The van der Waals surface area contributed by atoms with Gasteiger partial charge in [0.1, 0.15) is 11.0 Å². The van der Waals surface area contributed by atoms with Crippen molar-refractivity contribution in [1.29, 1.82) is 0 Å². The standard InChI is InChI=1S/C21H23N3O3S/c1-4-27-17-7-5-15(6-8-17)22-19(25)12-18-20(26)24-21(28-18)23-16-10-13(2)9-14(3)11-16/h5-11,18H,4,12H2,1-3H3,(H,22,25)(H,23,24,26)/t18-/m0/s1. The van der Waals surface area contributed by atoms with Gasteiger partial charge in [-0.25, -0.2) is 4.99 Å². The van der Waals surface area contributed by atoms with Crippen LogP contribution < -0.4 is 15.4 Å². The molecule has 0 saturated carbocycles. The van der Waals surface area contributed by atoms with Crippen LogP contribution in [0, 0.1) is 13.8 Å². The van der Waals surface area contributed by atoms with Gasteiger partial charge >= 0.3 is 0 Å². The zero-order valence-electron chi connectivity index (χ0n) is 16.1. The minimum absolute atomic E-state index is 0.0789. The molecule has 1 aliphatic heterocycles. The zero-order chi connectivity index (χ0) is 20.1. The maximum absolute atomic E-state index is 12.3. The van der Waals surface area contributed by atoms with E-state index in [1.807, 2.05) is 32.9 Å². The molecule has 1 aliphatic rings. The van der Waals surface area contributed by atoms with Crippen LogP contribution in [0.1, 0.15) is 24.5 Å². The smallest absolute Gasteiger partial charge is 0.240 e. The lowest BCUT2D eigenvalue weighted by Gasteiger charge is -2.08. The SMILES string of the molecule is CCOc1ccc(NC(=O)C[C@@H]2SC(=Nc3cc(C)cc(C)c3)NC2=O)cc1. The van der Waals surface area contributed by atoms with E-state index in [2.05, 4.69) is 21.7 Å². The van der Waals surface area contributed by atoms with Gasteiger partial charge in [-0.05, 0) is 68.3 Å². The Labute approximate surface area is 168 Å². The van der Waals surface area contributed by atoms with E-state index in [0.717, 1.165) is 22.6 Å². The van der Waals surface area contributed by atoms with E-state index in [0.29, 0.717) is 17.5 Å². The highest BCUT2D eigenvalue weighted by molar-refractivity contribution is 8.15.